The number of benzene rings is 4. The number of amides is 2. The van der Waals surface area contributed by atoms with Crippen molar-refractivity contribution < 1.29 is 29.4 Å². The molecule has 6 rings (SSSR count). The molecule has 2 heterocycles. The first-order chi connectivity index (χ1) is 17.7. The Labute approximate surface area is 210 Å². The smallest absolute Gasteiger partial charge is 0.335 e. The molecule has 0 aliphatic carbocycles. The van der Waals surface area contributed by atoms with E-state index in [-0.39, 0.29) is 22.7 Å². The number of aromatic carboxylic acids is 2. The number of nitrogens with one attached hydrogen (secondary N) is 1. The molecule has 2 aliphatic heterocycles. The lowest BCUT2D eigenvalue weighted by molar-refractivity contribution is -0.114. The molecule has 0 saturated carbocycles. The van der Waals surface area contributed by atoms with E-state index in [0.29, 0.717) is 0 Å². The summed E-state index contributed by atoms with van der Waals surface area (Å²) in [7, 11) is 0. The van der Waals surface area contributed by atoms with Gasteiger partial charge in [-0.15, -0.1) is 0 Å². The van der Waals surface area contributed by atoms with Gasteiger partial charge in [0.05, 0.1) is 28.1 Å². The Bertz CT molecular complexity index is 1640. The summed E-state index contributed by atoms with van der Waals surface area (Å²) in [5.41, 5.74) is 3.25. The third-order valence-corrected chi connectivity index (χ3v) is 5.89. The maximum atomic E-state index is 12.7. The van der Waals surface area contributed by atoms with Crippen molar-refractivity contribution in [2.45, 2.75) is 6.92 Å². The van der Waals surface area contributed by atoms with Gasteiger partial charge in [0.25, 0.3) is 5.91 Å². The molecule has 0 fully saturated rings. The van der Waals surface area contributed by atoms with Gasteiger partial charge in [-0.25, -0.2) is 14.6 Å². The highest BCUT2D eigenvalue weighted by Crippen LogP contribution is 2.42. The van der Waals surface area contributed by atoms with Gasteiger partial charge >= 0.3 is 11.9 Å². The SMILES string of the molecule is CC(=O)Nc1cc(C(=O)O)cc(C(=O)O)c1.O=C1c2ccccc2C2=Nc3cccc4cccc(c34)N12. The summed E-state index contributed by atoms with van der Waals surface area (Å²) >= 11 is 0. The Morgan fingerprint density at radius 3 is 2.05 bits per heavy atom. The lowest BCUT2D eigenvalue weighted by Crippen LogP contribution is -2.31. The van der Waals surface area contributed by atoms with Crippen LogP contribution in [-0.4, -0.2) is 39.8 Å². The maximum Gasteiger partial charge on any atom is 0.335 e. The molecule has 0 atom stereocenters. The van der Waals surface area contributed by atoms with Gasteiger partial charge in [-0.05, 0) is 41.8 Å². The molecule has 4 aromatic rings. The highest BCUT2D eigenvalue weighted by Gasteiger charge is 2.37. The standard InChI is InChI=1S/C18H10N2O.C10H9NO5/c21-18-13-8-2-1-7-12(13)17-19-14-9-3-5-11-6-4-10-15(16(11)14)20(17)18;1-5(12)11-8-3-6(9(13)14)2-7(4-8)10(15)16/h1-10H;2-4H,1H3,(H,11,12)(H,13,14)(H,15,16). The number of rotatable bonds is 3. The van der Waals surface area contributed by atoms with Crippen molar-refractivity contribution in [1.29, 1.82) is 0 Å². The van der Waals surface area contributed by atoms with Crippen LogP contribution in [-0.2, 0) is 4.79 Å². The molecule has 0 aromatic heterocycles. The van der Waals surface area contributed by atoms with E-state index in [0.717, 1.165) is 45.2 Å². The number of hydrogen-bond donors (Lipinski definition) is 3. The van der Waals surface area contributed by atoms with E-state index in [2.05, 4.69) is 17.4 Å². The van der Waals surface area contributed by atoms with E-state index in [1.165, 1.54) is 19.1 Å². The minimum absolute atomic E-state index is 0.00588. The van der Waals surface area contributed by atoms with E-state index >= 15 is 0 Å². The fraction of sp³-hybridized carbons (Fsp3) is 0.0357. The average molecular weight is 493 g/mol. The van der Waals surface area contributed by atoms with Crippen molar-refractivity contribution in [2.24, 2.45) is 4.99 Å². The molecule has 0 bridgehead atoms. The van der Waals surface area contributed by atoms with Crippen LogP contribution in [0.2, 0.25) is 0 Å². The van der Waals surface area contributed by atoms with Crippen molar-refractivity contribution in [3.63, 3.8) is 0 Å². The van der Waals surface area contributed by atoms with E-state index < -0.39 is 17.8 Å². The Kier molecular flexibility index (Phi) is 5.73. The molecule has 4 aromatic carbocycles. The van der Waals surface area contributed by atoms with Crippen molar-refractivity contribution >= 4 is 57.4 Å². The van der Waals surface area contributed by atoms with E-state index in [4.69, 9.17) is 15.2 Å². The van der Waals surface area contributed by atoms with Crippen LogP contribution in [0.15, 0.2) is 83.9 Å². The zero-order chi connectivity index (χ0) is 26.3. The molecule has 0 unspecified atom stereocenters. The molecule has 9 nitrogen and oxygen atoms in total. The second kappa shape index (κ2) is 9.04. The van der Waals surface area contributed by atoms with Gasteiger partial charge in [-0.2, -0.15) is 0 Å². The number of aliphatic imine (C=N–C) groups is 1. The third-order valence-electron chi connectivity index (χ3n) is 5.89. The molecular formula is C28H19N3O6. The van der Waals surface area contributed by atoms with Crippen LogP contribution in [0.1, 0.15) is 43.6 Å². The summed E-state index contributed by atoms with van der Waals surface area (Å²) < 4.78 is 0. The predicted octanol–water partition coefficient (Wildman–Crippen LogP) is 4.93. The van der Waals surface area contributed by atoms with Gasteiger partial charge in [0.2, 0.25) is 5.91 Å². The summed E-state index contributed by atoms with van der Waals surface area (Å²) in [5, 5.41) is 22.0. The largest absolute Gasteiger partial charge is 0.478 e. The number of carbonyl (C=O) groups is 4. The van der Waals surface area contributed by atoms with Crippen LogP contribution in [0.25, 0.3) is 10.8 Å². The molecule has 2 amide bonds. The lowest BCUT2D eigenvalue weighted by atomic mass is 10.0. The van der Waals surface area contributed by atoms with Gasteiger partial charge in [0.1, 0.15) is 5.84 Å². The first-order valence-corrected chi connectivity index (χ1v) is 11.2. The topological polar surface area (TPSA) is 136 Å². The molecule has 0 saturated heterocycles. The van der Waals surface area contributed by atoms with Gasteiger partial charge in [-0.1, -0.05) is 42.5 Å². The van der Waals surface area contributed by atoms with Crippen molar-refractivity contribution in [1.82, 2.24) is 0 Å². The first-order valence-electron chi connectivity index (χ1n) is 11.2. The van der Waals surface area contributed by atoms with Gasteiger partial charge < -0.3 is 15.5 Å². The number of anilines is 2. The molecule has 3 N–H and O–H groups in total. The molecule has 9 heteroatoms. The zero-order valence-corrected chi connectivity index (χ0v) is 19.4. The van der Waals surface area contributed by atoms with E-state index in [1.54, 1.807) is 4.90 Å². The number of amidine groups is 1. The predicted molar refractivity (Wildman–Crippen MR) is 138 cm³/mol. The molecule has 182 valence electrons. The summed E-state index contributed by atoms with van der Waals surface area (Å²) in [6.45, 7) is 1.24. The number of carbonyl (C=O) groups excluding carboxylic acids is 2. The second-order valence-corrected chi connectivity index (χ2v) is 8.36. The van der Waals surface area contributed by atoms with Crippen LogP contribution in [0.4, 0.5) is 17.1 Å². The zero-order valence-electron chi connectivity index (χ0n) is 19.4. The molecule has 0 radical (unpaired) electrons. The minimum atomic E-state index is -1.25. The monoisotopic (exact) mass is 493 g/mol. The number of fused-ring (bicyclic) bond motifs is 4. The Balaban J connectivity index is 0.000000159. The first kappa shape index (κ1) is 23.4. The van der Waals surface area contributed by atoms with E-state index in [1.807, 2.05) is 48.5 Å². The maximum absolute atomic E-state index is 12.7. The van der Waals surface area contributed by atoms with Crippen molar-refractivity contribution in [3.8, 4) is 0 Å². The Hall–Kier alpha value is -5.31. The van der Waals surface area contributed by atoms with Crippen LogP contribution in [0, 0.1) is 0 Å². The number of hydrogen-bond acceptors (Lipinski definition) is 5. The second-order valence-electron chi connectivity index (χ2n) is 8.36. The Morgan fingerprint density at radius 1 is 0.811 bits per heavy atom. The van der Waals surface area contributed by atoms with Crippen LogP contribution < -0.4 is 10.2 Å². The van der Waals surface area contributed by atoms with Gasteiger partial charge in [0, 0.05) is 23.6 Å². The third kappa shape index (κ3) is 4.19. The summed E-state index contributed by atoms with van der Waals surface area (Å²) in [6, 6.07) is 23.2. The molecule has 0 spiro atoms. The van der Waals surface area contributed by atoms with Gasteiger partial charge in [-0.3, -0.25) is 14.5 Å². The quantitative estimate of drug-likeness (QED) is 0.370. The summed E-state index contributed by atoms with van der Waals surface area (Å²) in [4.78, 5) is 51.4. The lowest BCUT2D eigenvalue weighted by Gasteiger charge is -2.24. The molecular weight excluding hydrogens is 474 g/mol. The fourth-order valence-electron chi connectivity index (χ4n) is 4.38. The van der Waals surface area contributed by atoms with E-state index in [9.17, 15) is 19.2 Å². The van der Waals surface area contributed by atoms with Crippen molar-refractivity contribution in [3.05, 3.63) is 101 Å². The number of nitrogens with zero attached hydrogens (tertiary/aromatic N) is 2. The van der Waals surface area contributed by atoms with Crippen LogP contribution in [0.3, 0.4) is 0 Å². The summed E-state index contributed by atoms with van der Waals surface area (Å²) in [6.07, 6.45) is 0. The number of carboxylic acid groups (broad SMARTS) is 2. The fourth-order valence-corrected chi connectivity index (χ4v) is 4.38. The molecule has 2 aliphatic rings. The molecule has 37 heavy (non-hydrogen) atoms. The van der Waals surface area contributed by atoms with Crippen LogP contribution in [0.5, 0.6) is 0 Å². The van der Waals surface area contributed by atoms with Crippen LogP contribution >= 0.6 is 0 Å². The normalized spacial score (nSPS) is 12.6. The average Bonchev–Trinajstić information content (AvgIpc) is 3.16. The van der Waals surface area contributed by atoms with Gasteiger partial charge in [0.15, 0.2) is 0 Å². The summed E-state index contributed by atoms with van der Waals surface area (Å²) in [5.74, 6) is -2.17. The Morgan fingerprint density at radius 2 is 1.43 bits per heavy atom. The number of carboxylic acids is 2. The van der Waals surface area contributed by atoms with Crippen molar-refractivity contribution in [2.75, 3.05) is 10.2 Å². The highest BCUT2D eigenvalue weighted by molar-refractivity contribution is 6.39. The minimum Gasteiger partial charge on any atom is -0.478 e. The highest BCUT2D eigenvalue weighted by atomic mass is 16.4.